The van der Waals surface area contributed by atoms with E-state index in [2.05, 4.69) is 31.5 Å². The molecule has 0 bridgehead atoms. The van der Waals surface area contributed by atoms with Crippen molar-refractivity contribution in [3.63, 3.8) is 0 Å². The fourth-order valence-corrected chi connectivity index (χ4v) is 3.96. The summed E-state index contributed by atoms with van der Waals surface area (Å²) in [4.78, 5) is 38.3. The summed E-state index contributed by atoms with van der Waals surface area (Å²) in [6.07, 6.45) is 8.98. The van der Waals surface area contributed by atoms with Crippen molar-refractivity contribution in [2.45, 2.75) is 6.42 Å². The van der Waals surface area contributed by atoms with Gasteiger partial charge in [-0.2, -0.15) is 0 Å². The molecule has 0 fully saturated rings. The number of carbonyl (C=O) groups is 2. The van der Waals surface area contributed by atoms with E-state index < -0.39 is 5.91 Å². The first-order valence-electron chi connectivity index (χ1n) is 11.7. The van der Waals surface area contributed by atoms with E-state index in [1.54, 1.807) is 36.4 Å². The molecule has 0 saturated carbocycles. The van der Waals surface area contributed by atoms with Gasteiger partial charge < -0.3 is 16.4 Å². The highest BCUT2D eigenvalue weighted by Crippen LogP contribution is 2.22. The number of hydrogen-bond acceptors (Lipinski definition) is 6. The molecule has 0 aliphatic rings. The molecule has 0 radical (unpaired) electrons. The van der Waals surface area contributed by atoms with E-state index in [0.717, 1.165) is 22.2 Å². The second-order valence-electron chi connectivity index (χ2n) is 8.50. The number of rotatable bonds is 6. The molecule has 2 amide bonds. The van der Waals surface area contributed by atoms with Crippen LogP contribution in [0.5, 0.6) is 0 Å². The van der Waals surface area contributed by atoms with Crippen molar-refractivity contribution in [1.82, 2.24) is 15.0 Å². The maximum absolute atomic E-state index is 12.8. The molecule has 3 aromatic carbocycles. The number of carbonyl (C=O) groups excluding carboxylic acids is 2. The van der Waals surface area contributed by atoms with Gasteiger partial charge in [0, 0.05) is 29.3 Å². The summed E-state index contributed by atoms with van der Waals surface area (Å²) in [5, 5.41) is 6.44. The van der Waals surface area contributed by atoms with Gasteiger partial charge in [0.05, 0.1) is 28.1 Å². The number of anilines is 3. The monoisotopic (exact) mass is 498 g/mol. The lowest BCUT2D eigenvalue weighted by atomic mass is 10.0. The summed E-state index contributed by atoms with van der Waals surface area (Å²) in [6, 6.07) is 23.2. The highest BCUT2D eigenvalue weighted by atomic mass is 16.2. The van der Waals surface area contributed by atoms with Gasteiger partial charge in [0.1, 0.15) is 12.0 Å². The minimum absolute atomic E-state index is 0.160. The average Bonchev–Trinajstić information content (AvgIpc) is 2.94. The van der Waals surface area contributed by atoms with Crippen molar-refractivity contribution >= 4 is 39.8 Å². The first-order valence-corrected chi connectivity index (χ1v) is 11.7. The van der Waals surface area contributed by atoms with E-state index in [4.69, 9.17) is 12.2 Å². The molecule has 0 spiro atoms. The van der Waals surface area contributed by atoms with Crippen molar-refractivity contribution < 1.29 is 9.59 Å². The third kappa shape index (κ3) is 5.32. The van der Waals surface area contributed by atoms with Gasteiger partial charge >= 0.3 is 0 Å². The van der Waals surface area contributed by atoms with Crippen molar-refractivity contribution in [2.75, 3.05) is 16.4 Å². The number of nitrogens with two attached hydrogens (primary N) is 1. The van der Waals surface area contributed by atoms with Crippen molar-refractivity contribution in [1.29, 1.82) is 0 Å². The normalized spacial score (nSPS) is 10.5. The van der Waals surface area contributed by atoms with Crippen LogP contribution in [-0.2, 0) is 6.42 Å². The van der Waals surface area contributed by atoms with Gasteiger partial charge in [-0.1, -0.05) is 30.2 Å². The predicted molar refractivity (Wildman–Crippen MR) is 148 cm³/mol. The molecular weight excluding hydrogens is 476 g/mol. The molecule has 0 atom stereocenters. The Morgan fingerprint density at radius 1 is 0.868 bits per heavy atom. The Balaban J connectivity index is 1.28. The SMILES string of the molecule is C#Cc1cccc(Cc2ncnc3cc(NC(=O)c4ccc(C(=O)Nc5ccccc5N)nc4)ccc23)c1. The lowest BCUT2D eigenvalue weighted by Crippen LogP contribution is -2.16. The number of nitrogen functional groups attached to an aromatic ring is 1. The zero-order chi connectivity index (χ0) is 26.5. The van der Waals surface area contributed by atoms with Crippen LogP contribution in [0.1, 0.15) is 37.7 Å². The van der Waals surface area contributed by atoms with Crippen LogP contribution in [0.15, 0.2) is 91.4 Å². The first-order chi connectivity index (χ1) is 18.5. The van der Waals surface area contributed by atoms with E-state index in [1.165, 1.54) is 24.7 Å². The second-order valence-corrected chi connectivity index (χ2v) is 8.50. The van der Waals surface area contributed by atoms with Crippen LogP contribution in [0.25, 0.3) is 10.9 Å². The summed E-state index contributed by atoms with van der Waals surface area (Å²) in [5.41, 5.74) is 11.3. The number of hydrogen-bond donors (Lipinski definition) is 3. The van der Waals surface area contributed by atoms with E-state index in [9.17, 15) is 9.59 Å². The van der Waals surface area contributed by atoms with Gasteiger partial charge in [0.25, 0.3) is 11.8 Å². The molecule has 38 heavy (non-hydrogen) atoms. The number of terminal acetylenes is 1. The second kappa shape index (κ2) is 10.6. The topological polar surface area (TPSA) is 123 Å². The van der Waals surface area contributed by atoms with Crippen LogP contribution in [0.4, 0.5) is 17.1 Å². The minimum Gasteiger partial charge on any atom is -0.397 e. The fourth-order valence-electron chi connectivity index (χ4n) is 3.96. The van der Waals surface area contributed by atoms with Crippen molar-refractivity contribution in [2.24, 2.45) is 0 Å². The Labute approximate surface area is 219 Å². The van der Waals surface area contributed by atoms with E-state index in [0.29, 0.717) is 34.6 Å². The lowest BCUT2D eigenvalue weighted by molar-refractivity contribution is 0.101. The molecule has 2 heterocycles. The minimum atomic E-state index is -0.425. The van der Waals surface area contributed by atoms with Crippen molar-refractivity contribution in [3.8, 4) is 12.3 Å². The number of pyridine rings is 1. The third-order valence-electron chi connectivity index (χ3n) is 5.91. The summed E-state index contributed by atoms with van der Waals surface area (Å²) in [6.45, 7) is 0. The number of amides is 2. The zero-order valence-corrected chi connectivity index (χ0v) is 20.2. The van der Waals surface area contributed by atoms with Gasteiger partial charge in [-0.05, 0) is 60.2 Å². The highest BCUT2D eigenvalue weighted by molar-refractivity contribution is 6.07. The number of aromatic nitrogens is 3. The first kappa shape index (κ1) is 24.2. The fraction of sp³-hybridized carbons (Fsp3) is 0.0333. The average molecular weight is 499 g/mol. The van der Waals surface area contributed by atoms with Crippen LogP contribution >= 0.6 is 0 Å². The van der Waals surface area contributed by atoms with Crippen molar-refractivity contribution in [3.05, 3.63) is 119 Å². The van der Waals surface area contributed by atoms with Crippen LogP contribution in [-0.4, -0.2) is 26.8 Å². The maximum atomic E-state index is 12.8. The quantitative estimate of drug-likeness (QED) is 0.231. The van der Waals surface area contributed by atoms with E-state index in [-0.39, 0.29) is 11.6 Å². The molecule has 0 aliphatic heterocycles. The molecule has 4 N–H and O–H groups in total. The molecule has 5 rings (SSSR count). The number of para-hydroxylation sites is 2. The van der Waals surface area contributed by atoms with Crippen LogP contribution in [0, 0.1) is 12.3 Å². The van der Waals surface area contributed by atoms with Crippen LogP contribution in [0.2, 0.25) is 0 Å². The Morgan fingerprint density at radius 3 is 2.53 bits per heavy atom. The summed E-state index contributed by atoms with van der Waals surface area (Å²) in [5.74, 6) is 1.86. The molecule has 5 aromatic rings. The zero-order valence-electron chi connectivity index (χ0n) is 20.2. The molecule has 0 saturated heterocycles. The summed E-state index contributed by atoms with van der Waals surface area (Å²) < 4.78 is 0. The van der Waals surface area contributed by atoms with Crippen LogP contribution in [0.3, 0.4) is 0 Å². The number of nitrogens with zero attached hydrogens (tertiary/aromatic N) is 3. The maximum Gasteiger partial charge on any atom is 0.274 e. The molecule has 0 unspecified atom stereocenters. The molecule has 0 aliphatic carbocycles. The Kier molecular flexibility index (Phi) is 6.74. The Morgan fingerprint density at radius 2 is 1.74 bits per heavy atom. The van der Waals surface area contributed by atoms with Gasteiger partial charge in [-0.3, -0.25) is 14.6 Å². The third-order valence-corrected chi connectivity index (χ3v) is 5.91. The van der Waals surface area contributed by atoms with E-state index in [1.807, 2.05) is 30.3 Å². The smallest absolute Gasteiger partial charge is 0.274 e. The van der Waals surface area contributed by atoms with Gasteiger partial charge in [-0.15, -0.1) is 6.42 Å². The molecular formula is C30H22N6O2. The van der Waals surface area contributed by atoms with E-state index >= 15 is 0 Å². The van der Waals surface area contributed by atoms with Gasteiger partial charge in [0.2, 0.25) is 0 Å². The highest BCUT2D eigenvalue weighted by Gasteiger charge is 2.13. The largest absolute Gasteiger partial charge is 0.397 e. The molecule has 8 heteroatoms. The molecule has 2 aromatic heterocycles. The van der Waals surface area contributed by atoms with Gasteiger partial charge in [0.15, 0.2) is 0 Å². The lowest BCUT2D eigenvalue weighted by Gasteiger charge is -2.10. The number of nitrogens with one attached hydrogen (secondary N) is 2. The number of benzene rings is 3. The summed E-state index contributed by atoms with van der Waals surface area (Å²) >= 11 is 0. The predicted octanol–water partition coefficient (Wildman–Crippen LogP) is 4.68. The Hall–Kier alpha value is -5.55. The van der Waals surface area contributed by atoms with Gasteiger partial charge in [-0.25, -0.2) is 9.97 Å². The molecule has 184 valence electrons. The molecule has 8 nitrogen and oxygen atoms in total. The summed E-state index contributed by atoms with van der Waals surface area (Å²) in [7, 11) is 0. The Bertz CT molecular complexity index is 1710. The number of fused-ring (bicyclic) bond motifs is 1. The van der Waals surface area contributed by atoms with Crippen LogP contribution < -0.4 is 16.4 Å². The standard InChI is InChI=1S/C30H22N6O2/c1-2-19-6-5-7-20(14-19)15-27-23-12-11-22(16-28(23)34-18-33-27)35-29(37)21-10-13-26(32-17-21)30(38)36-25-9-4-3-8-24(25)31/h1,3-14,16-18H,15,31H2,(H,35,37)(H,36,38).